The third-order valence-corrected chi connectivity index (χ3v) is 8.37. The lowest BCUT2D eigenvalue weighted by Gasteiger charge is -2.26. The van der Waals surface area contributed by atoms with Crippen LogP contribution >= 0.6 is 0 Å². The number of fused-ring (bicyclic) bond motifs is 1. The number of carbonyl (C=O) groups is 5. The van der Waals surface area contributed by atoms with E-state index in [-0.39, 0.29) is 37.2 Å². The van der Waals surface area contributed by atoms with E-state index in [1.807, 2.05) is 82.3 Å². The first-order valence-corrected chi connectivity index (χ1v) is 17.8. The predicted octanol–water partition coefficient (Wildman–Crippen LogP) is 0.834. The second-order valence-corrected chi connectivity index (χ2v) is 13.6. The summed E-state index contributed by atoms with van der Waals surface area (Å²) in [6.45, 7) is 7.94. The maximum atomic E-state index is 13.7. The van der Waals surface area contributed by atoms with Gasteiger partial charge in [0.05, 0.1) is 6.04 Å². The van der Waals surface area contributed by atoms with Crippen LogP contribution < -0.4 is 48.9 Å². The summed E-state index contributed by atoms with van der Waals surface area (Å²) in [5.74, 6) is -2.27. The molecule has 16 nitrogen and oxygen atoms in total. The molecule has 0 aliphatic rings. The molecule has 1 aromatic heterocycles. The van der Waals surface area contributed by atoms with Crippen molar-refractivity contribution >= 4 is 46.5 Å². The van der Waals surface area contributed by atoms with Gasteiger partial charge in [-0.05, 0) is 48.8 Å². The standard InChI is InChI=1S/C37H55N11O5/c1-22(2)18-30(46-37(53)48-47-35(52)31(43-23(3)4)19-24-12-7-6-8-13-24)34(51)44-28(16-11-17-41-36(39)40-5)33(50)45-29(32(38)49)20-25-21-42-27-15-10-9-14-26(25)27/h6-10,12-15,21-23,28-31,42-43H,11,16-20H2,1-5H3,(H2,38,49)(H,44,51)(H,45,50)(H,47,52)(H3,39,40,41)(H2,46,48,53)/t28-,29-,30-,31-/m0/s1. The normalized spacial score (nSPS) is 13.8. The maximum Gasteiger partial charge on any atom is 0.334 e. The van der Waals surface area contributed by atoms with Crippen molar-refractivity contribution in [2.45, 2.75) is 90.0 Å². The van der Waals surface area contributed by atoms with Gasteiger partial charge < -0.3 is 43.0 Å². The van der Waals surface area contributed by atoms with Crippen LogP contribution in [0.3, 0.4) is 0 Å². The molecule has 0 unspecified atom stereocenters. The number of aliphatic imine (C=N–C) groups is 1. The smallest absolute Gasteiger partial charge is 0.334 e. The number of nitrogens with zero attached hydrogens (tertiary/aromatic N) is 1. The second kappa shape index (κ2) is 21.0. The molecule has 2 aromatic carbocycles. The van der Waals surface area contributed by atoms with E-state index in [0.717, 1.165) is 22.0 Å². The zero-order valence-corrected chi connectivity index (χ0v) is 31.1. The van der Waals surface area contributed by atoms with E-state index in [1.165, 1.54) is 7.05 Å². The summed E-state index contributed by atoms with van der Waals surface area (Å²) < 4.78 is 0. The van der Waals surface area contributed by atoms with Crippen molar-refractivity contribution in [3.05, 3.63) is 71.9 Å². The van der Waals surface area contributed by atoms with Gasteiger partial charge in [0, 0.05) is 43.2 Å². The molecular formula is C37H55N11O5. The van der Waals surface area contributed by atoms with Gasteiger partial charge in [-0.15, -0.1) is 0 Å². The van der Waals surface area contributed by atoms with E-state index in [1.54, 1.807) is 6.20 Å². The Bertz CT molecular complexity index is 1690. The summed E-state index contributed by atoms with van der Waals surface area (Å²) in [5, 5.41) is 15.1. The number of H-pyrrole nitrogens is 1. The molecule has 0 saturated heterocycles. The minimum atomic E-state index is -1.10. The van der Waals surface area contributed by atoms with Crippen molar-refractivity contribution in [1.82, 2.24) is 42.4 Å². The largest absolute Gasteiger partial charge is 0.370 e. The number of carbonyl (C=O) groups excluding carboxylic acids is 5. The minimum absolute atomic E-state index is 0.00718. The second-order valence-electron chi connectivity index (χ2n) is 13.6. The van der Waals surface area contributed by atoms with Crippen molar-refractivity contribution in [3.63, 3.8) is 0 Å². The van der Waals surface area contributed by atoms with Crippen LogP contribution in [0.5, 0.6) is 0 Å². The number of benzene rings is 2. The number of nitrogens with two attached hydrogens (primary N) is 2. The van der Waals surface area contributed by atoms with Gasteiger partial charge in [0.25, 0.3) is 5.91 Å². The highest BCUT2D eigenvalue weighted by atomic mass is 16.2. The lowest BCUT2D eigenvalue weighted by molar-refractivity contribution is -0.132. The molecule has 16 heteroatoms. The fourth-order valence-electron chi connectivity index (χ4n) is 5.74. The Kier molecular flexibility index (Phi) is 16.6. The van der Waals surface area contributed by atoms with Gasteiger partial charge in [0.2, 0.25) is 17.7 Å². The number of urea groups is 1. The molecule has 0 fully saturated rings. The van der Waals surface area contributed by atoms with Gasteiger partial charge in [-0.3, -0.25) is 29.6 Å². The van der Waals surface area contributed by atoms with Crippen molar-refractivity contribution in [3.8, 4) is 0 Å². The summed E-state index contributed by atoms with van der Waals surface area (Å²) in [4.78, 5) is 73.1. The Morgan fingerprint density at radius 1 is 0.755 bits per heavy atom. The van der Waals surface area contributed by atoms with E-state index in [9.17, 15) is 24.0 Å². The molecule has 1 heterocycles. The monoisotopic (exact) mass is 733 g/mol. The first-order chi connectivity index (χ1) is 25.3. The number of guanidine groups is 1. The zero-order valence-electron chi connectivity index (χ0n) is 31.1. The Morgan fingerprint density at radius 2 is 1.42 bits per heavy atom. The van der Waals surface area contributed by atoms with Gasteiger partial charge >= 0.3 is 6.03 Å². The summed E-state index contributed by atoms with van der Waals surface area (Å²) >= 11 is 0. The van der Waals surface area contributed by atoms with Gasteiger partial charge in [-0.25, -0.2) is 10.2 Å². The Balaban J connectivity index is 1.71. The highest BCUT2D eigenvalue weighted by molar-refractivity contribution is 5.94. The minimum Gasteiger partial charge on any atom is -0.370 e. The summed E-state index contributed by atoms with van der Waals surface area (Å²) in [6.07, 6.45) is 3.05. The van der Waals surface area contributed by atoms with Crippen LogP contribution in [0.1, 0.15) is 58.1 Å². The van der Waals surface area contributed by atoms with Crippen LogP contribution in [0.15, 0.2) is 65.8 Å². The zero-order chi connectivity index (χ0) is 38.9. The molecule has 3 aromatic rings. The fraction of sp³-hybridized carbons (Fsp3) is 0.459. The molecule has 0 aliphatic carbocycles. The van der Waals surface area contributed by atoms with Gasteiger partial charge in [0.15, 0.2) is 5.96 Å². The number of primary amides is 1. The predicted molar refractivity (Wildman–Crippen MR) is 205 cm³/mol. The molecule has 6 amide bonds. The Morgan fingerprint density at radius 3 is 2.08 bits per heavy atom. The molecular weight excluding hydrogens is 678 g/mol. The first-order valence-electron chi connectivity index (χ1n) is 17.8. The first kappa shape index (κ1) is 41.8. The van der Waals surface area contributed by atoms with Crippen molar-refractivity contribution in [2.24, 2.45) is 22.4 Å². The molecule has 0 aliphatic heterocycles. The number of aromatic nitrogens is 1. The topological polar surface area (TPSA) is 250 Å². The fourth-order valence-corrected chi connectivity index (χ4v) is 5.74. The SMILES string of the molecule is CN=C(N)NCCC[C@H](NC(=O)[C@H](CC(C)C)NC(=O)NNC(=O)[C@H](Cc1ccccc1)NC(C)C)C(=O)N[C@@H](Cc1c[nH]c2ccccc12)C(N)=O. The van der Waals surface area contributed by atoms with Crippen molar-refractivity contribution in [2.75, 3.05) is 13.6 Å². The van der Waals surface area contributed by atoms with Crippen LogP contribution in [-0.4, -0.2) is 84.4 Å². The quantitative estimate of drug-likeness (QED) is 0.0365. The number of nitrogens with one attached hydrogen (secondary N) is 8. The molecule has 0 radical (unpaired) electrons. The van der Waals surface area contributed by atoms with E-state index in [0.29, 0.717) is 19.4 Å². The maximum absolute atomic E-state index is 13.7. The lowest BCUT2D eigenvalue weighted by Crippen LogP contribution is -2.59. The average molecular weight is 734 g/mol. The summed E-state index contributed by atoms with van der Waals surface area (Å²) in [5.41, 5.74) is 18.9. The van der Waals surface area contributed by atoms with E-state index >= 15 is 0 Å². The van der Waals surface area contributed by atoms with Gasteiger partial charge in [-0.2, -0.15) is 0 Å². The van der Waals surface area contributed by atoms with E-state index < -0.39 is 53.8 Å². The Hall–Kier alpha value is -5.64. The molecule has 12 N–H and O–H groups in total. The summed E-state index contributed by atoms with van der Waals surface area (Å²) in [7, 11) is 1.53. The molecule has 3 rings (SSSR count). The Labute approximate surface area is 310 Å². The van der Waals surface area contributed by atoms with Gasteiger partial charge in [0.1, 0.15) is 18.1 Å². The van der Waals surface area contributed by atoms with Gasteiger partial charge in [-0.1, -0.05) is 76.2 Å². The average Bonchev–Trinajstić information content (AvgIpc) is 3.53. The van der Waals surface area contributed by atoms with Crippen LogP contribution in [0.4, 0.5) is 4.79 Å². The van der Waals surface area contributed by atoms with Crippen LogP contribution in [-0.2, 0) is 32.0 Å². The van der Waals surface area contributed by atoms with Crippen molar-refractivity contribution in [1.29, 1.82) is 0 Å². The van der Waals surface area contributed by atoms with E-state index in [2.05, 4.69) is 47.4 Å². The van der Waals surface area contributed by atoms with Crippen LogP contribution in [0.25, 0.3) is 10.9 Å². The number of para-hydroxylation sites is 1. The molecule has 0 bridgehead atoms. The lowest BCUT2D eigenvalue weighted by atomic mass is 10.0. The van der Waals surface area contributed by atoms with Crippen LogP contribution in [0.2, 0.25) is 0 Å². The molecule has 4 atom stereocenters. The highest BCUT2D eigenvalue weighted by Gasteiger charge is 2.30. The number of hydrogen-bond donors (Lipinski definition) is 10. The third kappa shape index (κ3) is 14.1. The summed E-state index contributed by atoms with van der Waals surface area (Å²) in [6, 6.07) is 12.3. The highest BCUT2D eigenvalue weighted by Crippen LogP contribution is 2.19. The number of amides is 6. The number of hydrogen-bond acceptors (Lipinski definition) is 7. The number of aromatic amines is 1. The molecule has 0 saturated carbocycles. The molecule has 288 valence electrons. The molecule has 0 spiro atoms. The number of hydrazine groups is 1. The van der Waals surface area contributed by atoms with Crippen molar-refractivity contribution < 1.29 is 24.0 Å². The number of rotatable bonds is 19. The molecule has 53 heavy (non-hydrogen) atoms. The van der Waals surface area contributed by atoms with E-state index in [4.69, 9.17) is 11.5 Å². The van der Waals surface area contributed by atoms with Crippen LogP contribution in [0, 0.1) is 5.92 Å². The third-order valence-electron chi connectivity index (χ3n) is 8.37.